The fourth-order valence-corrected chi connectivity index (χ4v) is 1.97. The molecule has 0 radical (unpaired) electrons. The third kappa shape index (κ3) is 2.54. The standard InChI is InChI=1S/C13H22N2O/c1-4-13(10-14,11-16-3)15(2)12-8-6-5-7-9-12/h5-9H,4,10-11,14H2,1-3H3. The third-order valence-electron chi connectivity index (χ3n) is 3.31. The van der Waals surface area contributed by atoms with E-state index < -0.39 is 0 Å². The first kappa shape index (κ1) is 13.0. The lowest BCUT2D eigenvalue weighted by atomic mass is 9.94. The maximum atomic E-state index is 5.92. The number of hydrogen-bond acceptors (Lipinski definition) is 3. The Morgan fingerprint density at radius 3 is 2.38 bits per heavy atom. The highest BCUT2D eigenvalue weighted by atomic mass is 16.5. The molecule has 0 heterocycles. The zero-order valence-corrected chi connectivity index (χ0v) is 10.4. The molecule has 0 saturated carbocycles. The van der Waals surface area contributed by atoms with Crippen molar-refractivity contribution in [3.8, 4) is 0 Å². The molecule has 0 fully saturated rings. The highest BCUT2D eigenvalue weighted by Crippen LogP contribution is 2.24. The van der Waals surface area contributed by atoms with Crippen LogP contribution >= 0.6 is 0 Å². The Labute approximate surface area is 98.2 Å². The minimum atomic E-state index is -0.115. The molecule has 0 spiro atoms. The van der Waals surface area contributed by atoms with Crippen molar-refractivity contribution >= 4 is 5.69 Å². The Bertz CT molecular complexity index is 296. The Hall–Kier alpha value is -1.06. The minimum absolute atomic E-state index is 0.115. The summed E-state index contributed by atoms with van der Waals surface area (Å²) < 4.78 is 5.31. The molecule has 0 bridgehead atoms. The summed E-state index contributed by atoms with van der Waals surface area (Å²) in [4.78, 5) is 2.22. The van der Waals surface area contributed by atoms with Gasteiger partial charge in [0, 0.05) is 26.4 Å². The predicted octanol–water partition coefficient (Wildman–Crippen LogP) is 1.88. The van der Waals surface area contributed by atoms with Gasteiger partial charge in [0.05, 0.1) is 12.1 Å². The van der Waals surface area contributed by atoms with Crippen LogP contribution in [0.1, 0.15) is 13.3 Å². The summed E-state index contributed by atoms with van der Waals surface area (Å²) in [5.74, 6) is 0. The van der Waals surface area contributed by atoms with Gasteiger partial charge in [-0.15, -0.1) is 0 Å². The lowest BCUT2D eigenvalue weighted by Gasteiger charge is -2.41. The molecule has 1 unspecified atom stereocenters. The van der Waals surface area contributed by atoms with Crippen molar-refractivity contribution in [2.75, 3.05) is 32.2 Å². The van der Waals surface area contributed by atoms with Crippen LogP contribution in [0.3, 0.4) is 0 Å². The molecule has 1 aromatic rings. The fraction of sp³-hybridized carbons (Fsp3) is 0.538. The van der Waals surface area contributed by atoms with E-state index in [4.69, 9.17) is 10.5 Å². The van der Waals surface area contributed by atoms with Crippen LogP contribution in [0.25, 0.3) is 0 Å². The van der Waals surface area contributed by atoms with Gasteiger partial charge in [0.2, 0.25) is 0 Å². The predicted molar refractivity (Wildman–Crippen MR) is 68.8 cm³/mol. The second kappa shape index (κ2) is 5.87. The number of methoxy groups -OCH3 is 1. The van der Waals surface area contributed by atoms with Gasteiger partial charge in [-0.25, -0.2) is 0 Å². The van der Waals surface area contributed by atoms with Gasteiger partial charge in [0.15, 0.2) is 0 Å². The Morgan fingerprint density at radius 1 is 1.31 bits per heavy atom. The molecule has 2 N–H and O–H groups in total. The molecule has 0 amide bonds. The number of benzene rings is 1. The average Bonchev–Trinajstić information content (AvgIpc) is 2.36. The number of rotatable bonds is 6. The van der Waals surface area contributed by atoms with Crippen molar-refractivity contribution in [1.29, 1.82) is 0 Å². The first-order valence-corrected chi connectivity index (χ1v) is 5.68. The maximum Gasteiger partial charge on any atom is 0.0750 e. The van der Waals surface area contributed by atoms with Gasteiger partial charge in [0.25, 0.3) is 0 Å². The summed E-state index contributed by atoms with van der Waals surface area (Å²) in [6.07, 6.45) is 0.961. The van der Waals surface area contributed by atoms with Gasteiger partial charge in [-0.1, -0.05) is 25.1 Å². The molecule has 3 heteroatoms. The molecule has 0 saturated heterocycles. The van der Waals surface area contributed by atoms with Gasteiger partial charge < -0.3 is 15.4 Å². The zero-order chi connectivity index (χ0) is 12.0. The monoisotopic (exact) mass is 222 g/mol. The van der Waals surface area contributed by atoms with Crippen molar-refractivity contribution in [3.05, 3.63) is 30.3 Å². The van der Waals surface area contributed by atoms with Gasteiger partial charge >= 0.3 is 0 Å². The summed E-state index contributed by atoms with van der Waals surface area (Å²) in [6, 6.07) is 10.3. The first-order chi connectivity index (χ1) is 7.70. The second-order valence-corrected chi connectivity index (χ2v) is 4.11. The highest BCUT2D eigenvalue weighted by Gasteiger charge is 2.31. The lowest BCUT2D eigenvalue weighted by Crippen LogP contribution is -2.55. The molecule has 0 aliphatic carbocycles. The van der Waals surface area contributed by atoms with Crippen molar-refractivity contribution in [3.63, 3.8) is 0 Å². The van der Waals surface area contributed by atoms with E-state index in [0.29, 0.717) is 13.2 Å². The van der Waals surface area contributed by atoms with Crippen molar-refractivity contribution in [1.82, 2.24) is 0 Å². The number of hydrogen-bond donors (Lipinski definition) is 1. The molecule has 0 aromatic heterocycles. The topological polar surface area (TPSA) is 38.5 Å². The van der Waals surface area contributed by atoms with Crippen molar-refractivity contribution < 1.29 is 4.74 Å². The van der Waals surface area contributed by atoms with Gasteiger partial charge in [-0.3, -0.25) is 0 Å². The van der Waals surface area contributed by atoms with E-state index in [1.165, 1.54) is 5.69 Å². The maximum absolute atomic E-state index is 5.92. The van der Waals surface area contributed by atoms with Crippen LogP contribution in [0.15, 0.2) is 30.3 Å². The van der Waals surface area contributed by atoms with Crippen LogP contribution in [0, 0.1) is 0 Å². The van der Waals surface area contributed by atoms with Crippen LogP contribution in [-0.2, 0) is 4.74 Å². The van der Waals surface area contributed by atoms with Crippen LogP contribution in [0.5, 0.6) is 0 Å². The van der Waals surface area contributed by atoms with E-state index in [1.807, 2.05) is 18.2 Å². The van der Waals surface area contributed by atoms with Gasteiger partial charge in [-0.2, -0.15) is 0 Å². The van der Waals surface area contributed by atoms with E-state index in [-0.39, 0.29) is 5.54 Å². The molecular weight excluding hydrogens is 200 g/mol. The van der Waals surface area contributed by atoms with Crippen LogP contribution in [0.4, 0.5) is 5.69 Å². The van der Waals surface area contributed by atoms with E-state index in [9.17, 15) is 0 Å². The SMILES string of the molecule is CCC(CN)(COC)N(C)c1ccccc1. The molecule has 1 aromatic carbocycles. The third-order valence-corrected chi connectivity index (χ3v) is 3.31. The Kier molecular flexibility index (Phi) is 4.77. The van der Waals surface area contributed by atoms with Crippen LogP contribution < -0.4 is 10.6 Å². The number of ether oxygens (including phenoxy) is 1. The average molecular weight is 222 g/mol. The smallest absolute Gasteiger partial charge is 0.0750 e. The van der Waals surface area contributed by atoms with E-state index >= 15 is 0 Å². The summed E-state index contributed by atoms with van der Waals surface area (Å²) in [5.41, 5.74) is 6.98. The molecular formula is C13H22N2O. The second-order valence-electron chi connectivity index (χ2n) is 4.11. The number of anilines is 1. The zero-order valence-electron chi connectivity index (χ0n) is 10.4. The summed E-state index contributed by atoms with van der Waals surface area (Å²) >= 11 is 0. The van der Waals surface area contributed by atoms with E-state index in [2.05, 4.69) is 31.0 Å². The molecule has 0 aliphatic rings. The summed E-state index contributed by atoms with van der Waals surface area (Å²) in [5, 5.41) is 0. The van der Waals surface area contributed by atoms with Crippen molar-refractivity contribution in [2.45, 2.75) is 18.9 Å². The van der Waals surface area contributed by atoms with E-state index in [1.54, 1.807) is 7.11 Å². The van der Waals surface area contributed by atoms with Gasteiger partial charge in [-0.05, 0) is 18.6 Å². The fourth-order valence-electron chi connectivity index (χ4n) is 1.97. The quantitative estimate of drug-likeness (QED) is 0.798. The molecule has 90 valence electrons. The Balaban J connectivity index is 2.95. The number of likely N-dealkylation sites (N-methyl/N-ethyl adjacent to an activating group) is 1. The Morgan fingerprint density at radius 2 is 1.94 bits per heavy atom. The highest BCUT2D eigenvalue weighted by molar-refractivity contribution is 5.48. The first-order valence-electron chi connectivity index (χ1n) is 5.68. The van der Waals surface area contributed by atoms with E-state index in [0.717, 1.165) is 6.42 Å². The molecule has 1 rings (SSSR count). The van der Waals surface area contributed by atoms with Crippen LogP contribution in [-0.4, -0.2) is 32.8 Å². The molecule has 16 heavy (non-hydrogen) atoms. The summed E-state index contributed by atoms with van der Waals surface area (Å²) in [6.45, 7) is 3.37. The molecule has 1 atom stereocenters. The minimum Gasteiger partial charge on any atom is -0.382 e. The van der Waals surface area contributed by atoms with Crippen LogP contribution in [0.2, 0.25) is 0 Å². The number of para-hydroxylation sites is 1. The molecule has 3 nitrogen and oxygen atoms in total. The number of nitrogens with two attached hydrogens (primary N) is 1. The van der Waals surface area contributed by atoms with Crippen molar-refractivity contribution in [2.24, 2.45) is 5.73 Å². The lowest BCUT2D eigenvalue weighted by molar-refractivity contribution is 0.130. The molecule has 0 aliphatic heterocycles. The largest absolute Gasteiger partial charge is 0.382 e. The van der Waals surface area contributed by atoms with Gasteiger partial charge in [0.1, 0.15) is 0 Å². The number of nitrogens with zero attached hydrogens (tertiary/aromatic N) is 1. The summed E-state index contributed by atoms with van der Waals surface area (Å²) in [7, 11) is 3.80. The normalized spacial score (nSPS) is 14.5.